The van der Waals surface area contributed by atoms with E-state index in [1.165, 1.54) is 4.88 Å². The van der Waals surface area contributed by atoms with Gasteiger partial charge in [0.15, 0.2) is 0 Å². The average molecular weight is 293 g/mol. The lowest BCUT2D eigenvalue weighted by Gasteiger charge is -2.11. The van der Waals surface area contributed by atoms with Gasteiger partial charge in [-0.1, -0.05) is 6.92 Å². The van der Waals surface area contributed by atoms with Crippen LogP contribution in [0.4, 0.5) is 5.95 Å². The standard InChI is InChI=1S/C14H19N3O2S/c1-3-10-6-11-12(19-8-9-4-5-18-7-9)16-14(15-2)17-13(11)20-10/h6,9H,3-5,7-8H2,1-2H3,(H,15,16,17). The van der Waals surface area contributed by atoms with E-state index in [1.807, 2.05) is 7.05 Å². The SMILES string of the molecule is CCc1cc2c(OCC3CCOC3)nc(NC)nc2s1. The number of anilines is 1. The van der Waals surface area contributed by atoms with E-state index in [0.29, 0.717) is 24.4 Å². The Labute approximate surface area is 122 Å². The fraction of sp³-hybridized carbons (Fsp3) is 0.571. The fourth-order valence-corrected chi connectivity index (χ4v) is 3.21. The molecule has 1 fully saturated rings. The zero-order valence-electron chi connectivity index (χ0n) is 11.8. The Bertz CT molecular complexity index is 593. The number of ether oxygens (including phenoxy) is 2. The second-order valence-electron chi connectivity index (χ2n) is 4.93. The van der Waals surface area contributed by atoms with Gasteiger partial charge < -0.3 is 14.8 Å². The molecule has 0 saturated carbocycles. The first-order valence-corrected chi connectivity index (χ1v) is 7.80. The number of rotatable bonds is 5. The lowest BCUT2D eigenvalue weighted by molar-refractivity contribution is 0.166. The highest BCUT2D eigenvalue weighted by molar-refractivity contribution is 7.18. The fourth-order valence-electron chi connectivity index (χ4n) is 2.25. The summed E-state index contributed by atoms with van der Waals surface area (Å²) in [5.41, 5.74) is 0. The number of aryl methyl sites for hydroxylation is 1. The number of thiophene rings is 1. The number of aromatic nitrogens is 2. The first-order valence-electron chi connectivity index (χ1n) is 6.99. The molecule has 6 heteroatoms. The summed E-state index contributed by atoms with van der Waals surface area (Å²) in [6, 6.07) is 2.14. The molecule has 1 aliphatic heterocycles. The zero-order valence-corrected chi connectivity index (χ0v) is 12.6. The first-order chi connectivity index (χ1) is 9.80. The van der Waals surface area contributed by atoms with Crippen molar-refractivity contribution in [1.29, 1.82) is 0 Å². The molecule has 5 nitrogen and oxygen atoms in total. The summed E-state index contributed by atoms with van der Waals surface area (Å²) in [5, 5.41) is 4.01. The van der Waals surface area contributed by atoms with E-state index in [4.69, 9.17) is 9.47 Å². The molecule has 1 aliphatic rings. The van der Waals surface area contributed by atoms with Crippen LogP contribution in [0.25, 0.3) is 10.2 Å². The monoisotopic (exact) mass is 293 g/mol. The topological polar surface area (TPSA) is 56.3 Å². The summed E-state index contributed by atoms with van der Waals surface area (Å²) >= 11 is 1.70. The third-order valence-electron chi connectivity index (χ3n) is 3.46. The van der Waals surface area contributed by atoms with E-state index in [1.54, 1.807) is 11.3 Å². The van der Waals surface area contributed by atoms with Gasteiger partial charge in [0.25, 0.3) is 0 Å². The van der Waals surface area contributed by atoms with Crippen LogP contribution in [0, 0.1) is 5.92 Å². The molecule has 0 radical (unpaired) electrons. The molecule has 108 valence electrons. The molecule has 2 aromatic heterocycles. The summed E-state index contributed by atoms with van der Waals surface area (Å²) in [5.74, 6) is 1.77. The van der Waals surface area contributed by atoms with Gasteiger partial charge in [0.2, 0.25) is 11.8 Å². The number of nitrogens with zero attached hydrogens (tertiary/aromatic N) is 2. The van der Waals surface area contributed by atoms with Gasteiger partial charge in [-0.05, 0) is 18.9 Å². The largest absolute Gasteiger partial charge is 0.477 e. The highest BCUT2D eigenvalue weighted by atomic mass is 32.1. The summed E-state index contributed by atoms with van der Waals surface area (Å²) in [4.78, 5) is 11.2. The molecule has 0 spiro atoms. The van der Waals surface area contributed by atoms with Crippen LogP contribution in [0.2, 0.25) is 0 Å². The number of nitrogens with one attached hydrogen (secondary N) is 1. The Kier molecular flexibility index (Phi) is 4.03. The van der Waals surface area contributed by atoms with Crippen molar-refractivity contribution in [3.63, 3.8) is 0 Å². The van der Waals surface area contributed by atoms with Gasteiger partial charge in [-0.2, -0.15) is 4.98 Å². The smallest absolute Gasteiger partial charge is 0.227 e. The Morgan fingerprint density at radius 2 is 2.40 bits per heavy atom. The summed E-state index contributed by atoms with van der Waals surface area (Å²) < 4.78 is 11.3. The molecular weight excluding hydrogens is 274 g/mol. The van der Waals surface area contributed by atoms with E-state index in [9.17, 15) is 0 Å². The molecule has 1 unspecified atom stereocenters. The summed E-state index contributed by atoms with van der Waals surface area (Å²) in [6.07, 6.45) is 2.07. The van der Waals surface area contributed by atoms with Crippen LogP contribution in [0.1, 0.15) is 18.2 Å². The lowest BCUT2D eigenvalue weighted by atomic mass is 10.1. The van der Waals surface area contributed by atoms with E-state index in [-0.39, 0.29) is 0 Å². The van der Waals surface area contributed by atoms with Crippen molar-refractivity contribution >= 4 is 27.5 Å². The Morgan fingerprint density at radius 1 is 1.50 bits per heavy atom. The highest BCUT2D eigenvalue weighted by Crippen LogP contribution is 2.32. The van der Waals surface area contributed by atoms with Gasteiger partial charge in [-0.3, -0.25) is 0 Å². The molecule has 3 heterocycles. The Balaban J connectivity index is 1.87. The maximum absolute atomic E-state index is 5.94. The van der Waals surface area contributed by atoms with Crippen molar-refractivity contribution in [2.45, 2.75) is 19.8 Å². The molecule has 3 rings (SSSR count). The van der Waals surface area contributed by atoms with Crippen molar-refractivity contribution in [1.82, 2.24) is 9.97 Å². The van der Waals surface area contributed by atoms with E-state index >= 15 is 0 Å². The minimum atomic E-state index is 0.474. The summed E-state index contributed by atoms with van der Waals surface area (Å²) in [7, 11) is 1.82. The summed E-state index contributed by atoms with van der Waals surface area (Å²) in [6.45, 7) is 4.43. The molecular formula is C14H19N3O2S. The van der Waals surface area contributed by atoms with Crippen LogP contribution in [0.3, 0.4) is 0 Å². The second-order valence-corrected chi connectivity index (χ2v) is 6.04. The predicted molar refractivity (Wildman–Crippen MR) is 80.8 cm³/mol. The molecule has 20 heavy (non-hydrogen) atoms. The van der Waals surface area contributed by atoms with E-state index < -0.39 is 0 Å². The van der Waals surface area contributed by atoms with Crippen molar-refractivity contribution in [2.75, 3.05) is 32.2 Å². The van der Waals surface area contributed by atoms with Crippen LogP contribution >= 0.6 is 11.3 Å². The molecule has 0 amide bonds. The molecule has 2 aromatic rings. The van der Waals surface area contributed by atoms with Gasteiger partial charge in [0.05, 0.1) is 18.6 Å². The molecule has 0 bridgehead atoms. The van der Waals surface area contributed by atoms with Crippen LogP contribution in [0.15, 0.2) is 6.07 Å². The molecule has 0 aromatic carbocycles. The quantitative estimate of drug-likeness (QED) is 0.918. The highest BCUT2D eigenvalue weighted by Gasteiger charge is 2.18. The number of fused-ring (bicyclic) bond motifs is 1. The molecule has 1 atom stereocenters. The zero-order chi connectivity index (χ0) is 13.9. The minimum absolute atomic E-state index is 0.474. The maximum atomic E-state index is 5.94. The van der Waals surface area contributed by atoms with Gasteiger partial charge in [0.1, 0.15) is 4.83 Å². The minimum Gasteiger partial charge on any atom is -0.477 e. The third kappa shape index (κ3) is 2.71. The van der Waals surface area contributed by atoms with Crippen molar-refractivity contribution < 1.29 is 9.47 Å². The predicted octanol–water partition coefficient (Wildman–Crippen LogP) is 2.71. The molecule has 1 N–H and O–H groups in total. The number of hydrogen-bond donors (Lipinski definition) is 1. The maximum Gasteiger partial charge on any atom is 0.227 e. The van der Waals surface area contributed by atoms with Crippen LogP contribution in [-0.2, 0) is 11.2 Å². The van der Waals surface area contributed by atoms with Crippen molar-refractivity contribution in [3.05, 3.63) is 10.9 Å². The average Bonchev–Trinajstić information content (AvgIpc) is 3.12. The molecule has 1 saturated heterocycles. The van der Waals surface area contributed by atoms with Crippen LogP contribution in [0.5, 0.6) is 5.88 Å². The Hall–Kier alpha value is -1.40. The Morgan fingerprint density at radius 3 is 3.10 bits per heavy atom. The normalized spacial score (nSPS) is 18.6. The van der Waals surface area contributed by atoms with Crippen molar-refractivity contribution in [3.8, 4) is 5.88 Å². The first kappa shape index (κ1) is 13.6. The van der Waals surface area contributed by atoms with E-state index in [2.05, 4.69) is 28.3 Å². The number of hydrogen-bond acceptors (Lipinski definition) is 6. The van der Waals surface area contributed by atoms with Gasteiger partial charge in [-0.15, -0.1) is 11.3 Å². The van der Waals surface area contributed by atoms with Crippen LogP contribution < -0.4 is 10.1 Å². The lowest BCUT2D eigenvalue weighted by Crippen LogP contribution is -2.13. The van der Waals surface area contributed by atoms with Crippen LogP contribution in [-0.4, -0.2) is 36.8 Å². The second kappa shape index (κ2) is 5.93. The van der Waals surface area contributed by atoms with Crippen molar-refractivity contribution in [2.24, 2.45) is 5.92 Å². The van der Waals surface area contributed by atoms with Gasteiger partial charge >= 0.3 is 0 Å². The van der Waals surface area contributed by atoms with Gasteiger partial charge in [-0.25, -0.2) is 4.98 Å². The third-order valence-corrected chi connectivity index (χ3v) is 4.63. The van der Waals surface area contributed by atoms with E-state index in [0.717, 1.165) is 36.3 Å². The molecule has 0 aliphatic carbocycles. The van der Waals surface area contributed by atoms with Gasteiger partial charge in [0, 0.05) is 24.4 Å².